The van der Waals surface area contributed by atoms with Gasteiger partial charge >= 0.3 is 0 Å². The zero-order chi connectivity index (χ0) is 9.07. The Kier molecular flexibility index (Phi) is 11.5. The predicted octanol–water partition coefficient (Wildman–Crippen LogP) is 3.60. The van der Waals surface area contributed by atoms with Gasteiger partial charge in [0.1, 0.15) is 0 Å². The van der Waals surface area contributed by atoms with Gasteiger partial charge in [0.15, 0.2) is 0 Å². The Hall–Kier alpha value is 0.250. The summed E-state index contributed by atoms with van der Waals surface area (Å²) >= 11 is 5.55. The minimum Gasteiger partial charge on any atom is -0.381 e. The highest BCUT2D eigenvalue weighted by Crippen LogP contribution is 2.01. The normalized spacial score (nSPS) is 10.5. The summed E-state index contributed by atoms with van der Waals surface area (Å²) in [5.41, 5.74) is 0. The second-order valence-electron chi connectivity index (χ2n) is 3.07. The molecular formula is C10H21ClO. The van der Waals surface area contributed by atoms with Crippen molar-refractivity contribution in [2.24, 2.45) is 0 Å². The fourth-order valence-electron chi connectivity index (χ4n) is 1.00. The zero-order valence-electron chi connectivity index (χ0n) is 8.15. The number of alkyl halides is 1. The molecule has 0 bridgehead atoms. The van der Waals surface area contributed by atoms with Gasteiger partial charge in [-0.25, -0.2) is 0 Å². The number of unbranched alkanes of at least 4 members (excludes halogenated alkanes) is 4. The van der Waals surface area contributed by atoms with Gasteiger partial charge in [-0.1, -0.05) is 26.2 Å². The second-order valence-corrected chi connectivity index (χ2v) is 3.45. The molecular weight excluding hydrogens is 172 g/mol. The minimum atomic E-state index is 0.802. The summed E-state index contributed by atoms with van der Waals surface area (Å²) in [7, 11) is 0. The average molecular weight is 193 g/mol. The molecule has 0 fully saturated rings. The topological polar surface area (TPSA) is 9.23 Å². The van der Waals surface area contributed by atoms with Crippen LogP contribution >= 0.6 is 11.6 Å². The van der Waals surface area contributed by atoms with Gasteiger partial charge in [-0.2, -0.15) is 0 Å². The van der Waals surface area contributed by atoms with E-state index in [1.807, 2.05) is 0 Å². The Morgan fingerprint density at radius 1 is 0.917 bits per heavy atom. The quantitative estimate of drug-likeness (QED) is 0.401. The molecule has 0 aliphatic carbocycles. The molecule has 1 nitrogen and oxygen atoms in total. The molecule has 0 N–H and O–H groups in total. The van der Waals surface area contributed by atoms with E-state index < -0.39 is 0 Å². The van der Waals surface area contributed by atoms with E-state index in [1.54, 1.807) is 0 Å². The van der Waals surface area contributed by atoms with Crippen molar-refractivity contribution in [3.05, 3.63) is 0 Å². The number of hydrogen-bond acceptors (Lipinski definition) is 1. The minimum absolute atomic E-state index is 0.802. The van der Waals surface area contributed by atoms with Crippen molar-refractivity contribution in [3.63, 3.8) is 0 Å². The van der Waals surface area contributed by atoms with Gasteiger partial charge in [-0.05, 0) is 19.3 Å². The monoisotopic (exact) mass is 192 g/mol. The summed E-state index contributed by atoms with van der Waals surface area (Å²) in [5, 5.41) is 0. The number of rotatable bonds is 9. The third kappa shape index (κ3) is 10.2. The van der Waals surface area contributed by atoms with Crippen LogP contribution in [0.2, 0.25) is 0 Å². The van der Waals surface area contributed by atoms with E-state index in [0.29, 0.717) is 0 Å². The summed E-state index contributed by atoms with van der Waals surface area (Å²) in [6.07, 6.45) is 7.28. The Morgan fingerprint density at radius 3 is 2.25 bits per heavy atom. The molecule has 0 aromatic rings. The molecule has 0 unspecified atom stereocenters. The molecule has 0 spiro atoms. The van der Waals surface area contributed by atoms with Crippen molar-refractivity contribution < 1.29 is 4.74 Å². The fourth-order valence-corrected chi connectivity index (χ4v) is 1.19. The van der Waals surface area contributed by atoms with Crippen molar-refractivity contribution in [2.75, 3.05) is 19.1 Å². The fraction of sp³-hybridized carbons (Fsp3) is 1.00. The van der Waals surface area contributed by atoms with E-state index in [-0.39, 0.29) is 0 Å². The molecule has 0 aromatic heterocycles. The first-order valence-electron chi connectivity index (χ1n) is 5.05. The first-order valence-corrected chi connectivity index (χ1v) is 5.59. The highest BCUT2D eigenvalue weighted by molar-refractivity contribution is 6.17. The van der Waals surface area contributed by atoms with E-state index in [2.05, 4.69) is 6.92 Å². The van der Waals surface area contributed by atoms with Crippen molar-refractivity contribution >= 4 is 11.6 Å². The second kappa shape index (κ2) is 11.2. The molecule has 0 amide bonds. The van der Waals surface area contributed by atoms with Gasteiger partial charge in [0.2, 0.25) is 0 Å². The van der Waals surface area contributed by atoms with Gasteiger partial charge in [-0.15, -0.1) is 11.6 Å². The van der Waals surface area contributed by atoms with Crippen LogP contribution < -0.4 is 0 Å². The maximum absolute atomic E-state index is 5.55. The lowest BCUT2D eigenvalue weighted by molar-refractivity contribution is 0.127. The van der Waals surface area contributed by atoms with E-state index in [4.69, 9.17) is 16.3 Å². The molecule has 0 aliphatic heterocycles. The summed E-state index contributed by atoms with van der Waals surface area (Å²) < 4.78 is 5.42. The van der Waals surface area contributed by atoms with E-state index in [1.165, 1.54) is 32.1 Å². The van der Waals surface area contributed by atoms with Gasteiger partial charge in [0.25, 0.3) is 0 Å². The Morgan fingerprint density at radius 2 is 1.58 bits per heavy atom. The number of ether oxygens (including phenoxy) is 1. The predicted molar refractivity (Wildman–Crippen MR) is 54.9 cm³/mol. The molecule has 0 saturated heterocycles. The molecule has 0 rings (SSSR count). The van der Waals surface area contributed by atoms with Crippen molar-refractivity contribution in [1.29, 1.82) is 0 Å². The van der Waals surface area contributed by atoms with E-state index in [0.717, 1.165) is 25.5 Å². The smallest absolute Gasteiger partial charge is 0.0466 e. The van der Waals surface area contributed by atoms with Crippen molar-refractivity contribution in [3.8, 4) is 0 Å². The highest BCUT2D eigenvalue weighted by atomic mass is 35.5. The molecule has 74 valence electrons. The Labute approximate surface area is 81.4 Å². The first-order chi connectivity index (χ1) is 5.91. The van der Waals surface area contributed by atoms with Crippen LogP contribution in [-0.4, -0.2) is 19.1 Å². The Balaban J connectivity index is 2.73. The third-order valence-corrected chi connectivity index (χ3v) is 2.08. The van der Waals surface area contributed by atoms with Crippen LogP contribution in [-0.2, 0) is 4.74 Å². The molecule has 0 radical (unpaired) electrons. The standard InChI is InChI=1S/C10H21ClO/c1-2-3-9-12-10-7-5-4-6-8-11/h2-10H2,1H3. The van der Waals surface area contributed by atoms with Crippen LogP contribution in [0.25, 0.3) is 0 Å². The maximum Gasteiger partial charge on any atom is 0.0466 e. The molecule has 0 aliphatic rings. The summed E-state index contributed by atoms with van der Waals surface area (Å²) in [5.74, 6) is 0.802. The molecule has 12 heavy (non-hydrogen) atoms. The summed E-state index contributed by atoms with van der Waals surface area (Å²) in [4.78, 5) is 0. The van der Waals surface area contributed by atoms with E-state index >= 15 is 0 Å². The Bertz CT molecular complexity index is 66.2. The SMILES string of the molecule is CCCCOCCCCCCCl. The van der Waals surface area contributed by atoms with Gasteiger partial charge in [-0.3, -0.25) is 0 Å². The van der Waals surface area contributed by atoms with Crippen LogP contribution in [0, 0.1) is 0 Å². The maximum atomic E-state index is 5.55. The van der Waals surface area contributed by atoms with Crippen LogP contribution in [0.1, 0.15) is 45.4 Å². The number of halogens is 1. The van der Waals surface area contributed by atoms with Gasteiger partial charge < -0.3 is 4.74 Å². The van der Waals surface area contributed by atoms with Crippen LogP contribution in [0.5, 0.6) is 0 Å². The van der Waals surface area contributed by atoms with Gasteiger partial charge in [0, 0.05) is 19.1 Å². The molecule has 0 heterocycles. The van der Waals surface area contributed by atoms with Crippen molar-refractivity contribution in [2.45, 2.75) is 45.4 Å². The summed E-state index contributed by atoms with van der Waals surface area (Å²) in [6, 6.07) is 0. The third-order valence-electron chi connectivity index (χ3n) is 1.81. The van der Waals surface area contributed by atoms with Crippen LogP contribution in [0.15, 0.2) is 0 Å². The molecule has 0 atom stereocenters. The molecule has 2 heteroatoms. The largest absolute Gasteiger partial charge is 0.381 e. The van der Waals surface area contributed by atoms with Crippen molar-refractivity contribution in [1.82, 2.24) is 0 Å². The van der Waals surface area contributed by atoms with Crippen LogP contribution in [0.4, 0.5) is 0 Å². The lowest BCUT2D eigenvalue weighted by Gasteiger charge is -2.02. The average Bonchev–Trinajstić information content (AvgIpc) is 2.10. The molecule has 0 saturated carbocycles. The molecule has 0 aromatic carbocycles. The van der Waals surface area contributed by atoms with Crippen LogP contribution in [0.3, 0.4) is 0 Å². The van der Waals surface area contributed by atoms with Gasteiger partial charge in [0.05, 0.1) is 0 Å². The lowest BCUT2D eigenvalue weighted by atomic mass is 10.2. The summed E-state index contributed by atoms with van der Waals surface area (Å²) in [6.45, 7) is 4.05. The lowest BCUT2D eigenvalue weighted by Crippen LogP contribution is -1.96. The zero-order valence-corrected chi connectivity index (χ0v) is 8.91. The number of hydrogen-bond donors (Lipinski definition) is 0. The first kappa shape index (κ1) is 12.2. The highest BCUT2D eigenvalue weighted by Gasteiger charge is 1.89. The van der Waals surface area contributed by atoms with E-state index in [9.17, 15) is 0 Å².